The largest absolute Gasteiger partial charge is 0.329 e. The van der Waals surface area contributed by atoms with Gasteiger partial charge in [-0.1, -0.05) is 6.07 Å². The van der Waals surface area contributed by atoms with Crippen molar-refractivity contribution in [1.29, 1.82) is 0 Å². The third-order valence-electron chi connectivity index (χ3n) is 6.09. The Morgan fingerprint density at radius 3 is 2.42 bits per heavy atom. The van der Waals surface area contributed by atoms with E-state index in [9.17, 15) is 12.8 Å². The second kappa shape index (κ2) is 9.72. The first-order chi connectivity index (χ1) is 18.1. The normalized spacial score (nSPS) is 11.5. The molecule has 0 aliphatic rings. The molecule has 2 aromatic heterocycles. The Bertz CT molecular complexity index is 1750. The number of halogens is 1. The van der Waals surface area contributed by atoms with E-state index in [0.717, 1.165) is 22.4 Å². The standard InChI is InChI=1S/C26H25FN8O2S/c1-16-4-7-19(14-23(16)38(28,36)37)30-25-29-13-12-24(33-25)34(2)20-10-11-22-21(15-20)32-26(35(22)3)31-18-8-5-17(27)6-9-18/h4-15H,1-3H3,(H,31,32)(H2,28,36,37)(H,29,30,33). The van der Waals surface area contributed by atoms with Crippen molar-refractivity contribution in [3.05, 3.63) is 84.3 Å². The SMILES string of the molecule is Cc1ccc(Nc2nccc(N(C)c3ccc4c(c3)nc(Nc3ccc(F)cc3)n4C)n2)cc1S(N)(=O)=O. The molecule has 0 bridgehead atoms. The van der Waals surface area contributed by atoms with Gasteiger partial charge in [0.1, 0.15) is 11.6 Å². The van der Waals surface area contributed by atoms with Crippen LogP contribution in [0.25, 0.3) is 11.0 Å². The summed E-state index contributed by atoms with van der Waals surface area (Å²) in [5.74, 6) is 1.23. The second-order valence-corrected chi connectivity index (χ2v) is 10.3. The van der Waals surface area contributed by atoms with E-state index < -0.39 is 10.0 Å². The summed E-state index contributed by atoms with van der Waals surface area (Å²) < 4.78 is 38.9. The van der Waals surface area contributed by atoms with E-state index in [1.165, 1.54) is 18.2 Å². The number of sulfonamides is 1. The summed E-state index contributed by atoms with van der Waals surface area (Å²) in [5, 5.41) is 11.6. The zero-order valence-electron chi connectivity index (χ0n) is 20.8. The minimum atomic E-state index is -3.86. The van der Waals surface area contributed by atoms with Crippen LogP contribution < -0.4 is 20.7 Å². The van der Waals surface area contributed by atoms with Crippen molar-refractivity contribution in [2.75, 3.05) is 22.6 Å². The van der Waals surface area contributed by atoms with Gasteiger partial charge in [-0.15, -0.1) is 0 Å². The number of nitrogens with one attached hydrogen (secondary N) is 2. The van der Waals surface area contributed by atoms with Crippen LogP contribution in [-0.4, -0.2) is 35.0 Å². The van der Waals surface area contributed by atoms with Gasteiger partial charge in [0.05, 0.1) is 15.9 Å². The van der Waals surface area contributed by atoms with Crippen molar-refractivity contribution in [3.8, 4) is 0 Å². The van der Waals surface area contributed by atoms with E-state index in [-0.39, 0.29) is 10.7 Å². The molecule has 5 aromatic rings. The highest BCUT2D eigenvalue weighted by molar-refractivity contribution is 7.89. The van der Waals surface area contributed by atoms with Crippen molar-refractivity contribution in [2.24, 2.45) is 12.2 Å². The number of rotatable bonds is 7. The quantitative estimate of drug-likeness (QED) is 0.275. The van der Waals surface area contributed by atoms with E-state index in [1.54, 1.807) is 43.5 Å². The molecule has 0 aliphatic carbocycles. The molecule has 2 heterocycles. The fourth-order valence-corrected chi connectivity index (χ4v) is 4.82. The van der Waals surface area contributed by atoms with Crippen LogP contribution in [0.5, 0.6) is 0 Å². The van der Waals surface area contributed by atoms with Gasteiger partial charge < -0.3 is 20.1 Å². The third-order valence-corrected chi connectivity index (χ3v) is 7.14. The molecule has 0 amide bonds. The molecule has 194 valence electrons. The molecule has 10 nitrogen and oxygen atoms in total. The molecule has 0 unspecified atom stereocenters. The zero-order valence-corrected chi connectivity index (χ0v) is 21.7. The Hall–Kier alpha value is -4.55. The highest BCUT2D eigenvalue weighted by Gasteiger charge is 2.15. The average molecular weight is 533 g/mol. The Morgan fingerprint density at radius 1 is 0.947 bits per heavy atom. The van der Waals surface area contributed by atoms with Gasteiger partial charge in [-0.3, -0.25) is 0 Å². The molecule has 0 fully saturated rings. The van der Waals surface area contributed by atoms with Crippen LogP contribution in [0.1, 0.15) is 5.56 Å². The predicted molar refractivity (Wildman–Crippen MR) is 146 cm³/mol. The lowest BCUT2D eigenvalue weighted by Gasteiger charge is -2.19. The number of fused-ring (bicyclic) bond motifs is 1. The van der Waals surface area contributed by atoms with E-state index in [1.807, 2.05) is 41.8 Å². The lowest BCUT2D eigenvalue weighted by atomic mass is 10.2. The van der Waals surface area contributed by atoms with Crippen LogP contribution in [-0.2, 0) is 17.1 Å². The van der Waals surface area contributed by atoms with E-state index in [2.05, 4.69) is 20.6 Å². The van der Waals surface area contributed by atoms with Crippen LogP contribution >= 0.6 is 0 Å². The average Bonchev–Trinajstić information content (AvgIpc) is 3.20. The molecule has 3 aromatic carbocycles. The number of aromatic nitrogens is 4. The smallest absolute Gasteiger partial charge is 0.238 e. The molecule has 0 spiro atoms. The number of benzene rings is 3. The second-order valence-electron chi connectivity index (χ2n) is 8.75. The van der Waals surface area contributed by atoms with Crippen LogP contribution in [0.4, 0.5) is 39.2 Å². The Kier molecular flexibility index (Phi) is 6.43. The molecule has 0 atom stereocenters. The third kappa shape index (κ3) is 5.12. The lowest BCUT2D eigenvalue weighted by Crippen LogP contribution is -2.14. The number of nitrogens with two attached hydrogens (primary N) is 1. The Balaban J connectivity index is 1.39. The molecule has 12 heteroatoms. The van der Waals surface area contributed by atoms with Crippen molar-refractivity contribution < 1.29 is 12.8 Å². The molecule has 5 rings (SSSR count). The van der Waals surface area contributed by atoms with Crippen LogP contribution in [0.2, 0.25) is 0 Å². The molecule has 0 aliphatic heterocycles. The monoisotopic (exact) mass is 532 g/mol. The molecule has 0 radical (unpaired) electrons. The zero-order chi connectivity index (χ0) is 27.0. The molecule has 0 saturated heterocycles. The number of nitrogens with zero attached hydrogens (tertiary/aromatic N) is 5. The maximum atomic E-state index is 13.2. The first kappa shape index (κ1) is 25.1. The highest BCUT2D eigenvalue weighted by atomic mass is 32.2. The summed E-state index contributed by atoms with van der Waals surface area (Å²) in [7, 11) is -0.0851. The van der Waals surface area contributed by atoms with E-state index >= 15 is 0 Å². The fraction of sp³-hybridized carbons (Fsp3) is 0.115. The van der Waals surface area contributed by atoms with E-state index in [4.69, 9.17) is 10.1 Å². The summed E-state index contributed by atoms with van der Waals surface area (Å²) in [5.41, 5.74) is 4.31. The molecular formula is C26H25FN8O2S. The van der Waals surface area contributed by atoms with Crippen molar-refractivity contribution in [1.82, 2.24) is 19.5 Å². The number of primary sulfonamides is 1. The van der Waals surface area contributed by atoms with Gasteiger partial charge in [0.15, 0.2) is 0 Å². The lowest BCUT2D eigenvalue weighted by molar-refractivity contribution is 0.597. The summed E-state index contributed by atoms with van der Waals surface area (Å²) in [6.45, 7) is 1.68. The number of aryl methyl sites for hydroxylation is 2. The van der Waals surface area contributed by atoms with Crippen LogP contribution in [0, 0.1) is 12.7 Å². The first-order valence-electron chi connectivity index (χ1n) is 11.5. The topological polar surface area (TPSA) is 131 Å². The Labute approximate surface area is 219 Å². The van der Waals surface area contributed by atoms with Crippen LogP contribution in [0.3, 0.4) is 0 Å². The fourth-order valence-electron chi connectivity index (χ4n) is 4.01. The molecule has 38 heavy (non-hydrogen) atoms. The minimum absolute atomic E-state index is 0.0349. The van der Waals surface area contributed by atoms with Gasteiger partial charge in [0.25, 0.3) is 0 Å². The van der Waals surface area contributed by atoms with Crippen molar-refractivity contribution in [3.63, 3.8) is 0 Å². The summed E-state index contributed by atoms with van der Waals surface area (Å²) in [6, 6.07) is 18.6. The van der Waals surface area contributed by atoms with Crippen molar-refractivity contribution >= 4 is 55.8 Å². The number of anilines is 6. The number of hydrogen-bond acceptors (Lipinski definition) is 8. The Morgan fingerprint density at radius 2 is 1.68 bits per heavy atom. The highest BCUT2D eigenvalue weighted by Crippen LogP contribution is 2.29. The summed E-state index contributed by atoms with van der Waals surface area (Å²) in [6.07, 6.45) is 1.61. The van der Waals surface area contributed by atoms with Gasteiger partial charge in [0, 0.05) is 37.4 Å². The first-order valence-corrected chi connectivity index (χ1v) is 13.1. The van der Waals surface area contributed by atoms with E-state index in [0.29, 0.717) is 29.0 Å². The molecule has 4 N–H and O–H groups in total. The van der Waals surface area contributed by atoms with Gasteiger partial charge in [-0.25, -0.2) is 27.9 Å². The summed E-state index contributed by atoms with van der Waals surface area (Å²) >= 11 is 0. The number of imidazole rings is 1. The van der Waals surface area contributed by atoms with Gasteiger partial charge in [-0.05, 0) is 73.2 Å². The van der Waals surface area contributed by atoms with Crippen LogP contribution in [0.15, 0.2) is 77.8 Å². The van der Waals surface area contributed by atoms with Gasteiger partial charge in [-0.2, -0.15) is 4.98 Å². The predicted octanol–water partition coefficient (Wildman–Crippen LogP) is 4.71. The van der Waals surface area contributed by atoms with Crippen molar-refractivity contribution in [2.45, 2.75) is 11.8 Å². The van der Waals surface area contributed by atoms with Gasteiger partial charge >= 0.3 is 0 Å². The van der Waals surface area contributed by atoms with Gasteiger partial charge in [0.2, 0.25) is 21.9 Å². The molecular weight excluding hydrogens is 507 g/mol. The maximum absolute atomic E-state index is 13.2. The summed E-state index contributed by atoms with van der Waals surface area (Å²) in [4.78, 5) is 15.5. The molecule has 0 saturated carbocycles. The number of hydrogen-bond donors (Lipinski definition) is 3. The minimum Gasteiger partial charge on any atom is -0.329 e. The maximum Gasteiger partial charge on any atom is 0.238 e.